The largest absolute Gasteiger partial charge is 0.207 e. The smallest absolute Gasteiger partial charge is 0.123 e. The average molecular weight is 218 g/mol. The molecule has 0 fully saturated rings. The zero-order valence-electron chi connectivity index (χ0n) is 10.1. The molecule has 0 aliphatic heterocycles. The van der Waals surface area contributed by atoms with E-state index in [9.17, 15) is 4.39 Å². The maximum atomic E-state index is 13.2. The maximum absolute atomic E-state index is 13.2. The van der Waals surface area contributed by atoms with Crippen LogP contribution in [0, 0.1) is 5.82 Å². The Morgan fingerprint density at radius 1 is 1.38 bits per heavy atom. The van der Waals surface area contributed by atoms with E-state index in [-0.39, 0.29) is 5.82 Å². The second-order valence-electron chi connectivity index (χ2n) is 4.72. The SMILES string of the molecule is CCc1cc(F)ccc1C1CC=C(C)CC1. The van der Waals surface area contributed by atoms with Crippen LogP contribution in [0.2, 0.25) is 0 Å². The van der Waals surface area contributed by atoms with Crippen LogP contribution in [-0.4, -0.2) is 0 Å². The molecule has 0 spiro atoms. The van der Waals surface area contributed by atoms with Crippen molar-refractivity contribution >= 4 is 0 Å². The van der Waals surface area contributed by atoms with Crippen molar-refractivity contribution in [3.63, 3.8) is 0 Å². The molecular weight excluding hydrogens is 199 g/mol. The van der Waals surface area contributed by atoms with Gasteiger partial charge in [-0.2, -0.15) is 0 Å². The number of hydrogen-bond acceptors (Lipinski definition) is 0. The molecule has 2 rings (SSSR count). The van der Waals surface area contributed by atoms with E-state index in [0.717, 1.165) is 12.8 Å². The van der Waals surface area contributed by atoms with Crippen LogP contribution in [0.15, 0.2) is 29.8 Å². The lowest BCUT2D eigenvalue weighted by Crippen LogP contribution is -2.06. The van der Waals surface area contributed by atoms with Gasteiger partial charge in [0.05, 0.1) is 0 Å². The first-order valence-corrected chi connectivity index (χ1v) is 6.14. The molecule has 0 saturated heterocycles. The summed E-state index contributed by atoms with van der Waals surface area (Å²) in [5.74, 6) is 0.488. The Morgan fingerprint density at radius 3 is 2.81 bits per heavy atom. The van der Waals surface area contributed by atoms with Crippen LogP contribution >= 0.6 is 0 Å². The molecule has 1 unspecified atom stereocenters. The molecule has 1 aromatic carbocycles. The van der Waals surface area contributed by atoms with Crippen molar-refractivity contribution in [2.75, 3.05) is 0 Å². The zero-order valence-corrected chi connectivity index (χ0v) is 10.1. The minimum absolute atomic E-state index is 0.108. The lowest BCUT2D eigenvalue weighted by atomic mass is 9.82. The van der Waals surface area contributed by atoms with Gasteiger partial charge >= 0.3 is 0 Å². The highest BCUT2D eigenvalue weighted by Gasteiger charge is 2.17. The molecule has 0 nitrogen and oxygen atoms in total. The molecule has 1 aromatic rings. The summed E-state index contributed by atoms with van der Waals surface area (Å²) in [6.07, 6.45) is 6.76. The summed E-state index contributed by atoms with van der Waals surface area (Å²) in [6, 6.07) is 5.27. The Labute approximate surface area is 97.2 Å². The number of rotatable bonds is 2. The van der Waals surface area contributed by atoms with Crippen molar-refractivity contribution in [1.29, 1.82) is 0 Å². The zero-order chi connectivity index (χ0) is 11.5. The summed E-state index contributed by atoms with van der Waals surface area (Å²) in [6.45, 7) is 4.30. The van der Waals surface area contributed by atoms with Crippen molar-refractivity contribution in [3.05, 3.63) is 46.8 Å². The van der Waals surface area contributed by atoms with Gasteiger partial charge < -0.3 is 0 Å². The molecule has 1 heteroatoms. The Balaban J connectivity index is 2.27. The van der Waals surface area contributed by atoms with E-state index in [0.29, 0.717) is 5.92 Å². The highest BCUT2D eigenvalue weighted by Crippen LogP contribution is 2.34. The van der Waals surface area contributed by atoms with Gasteiger partial charge in [0, 0.05) is 0 Å². The predicted octanol–water partition coefficient (Wildman–Crippen LogP) is 4.60. The normalized spacial score (nSPS) is 20.7. The molecule has 0 amide bonds. The fraction of sp³-hybridized carbons (Fsp3) is 0.467. The summed E-state index contributed by atoms with van der Waals surface area (Å²) in [5, 5.41) is 0. The minimum atomic E-state index is -0.108. The van der Waals surface area contributed by atoms with Gasteiger partial charge in [0.1, 0.15) is 5.82 Å². The van der Waals surface area contributed by atoms with Crippen LogP contribution in [0.3, 0.4) is 0 Å². The summed E-state index contributed by atoms with van der Waals surface area (Å²) >= 11 is 0. The van der Waals surface area contributed by atoms with Crippen LogP contribution in [0.1, 0.15) is 50.2 Å². The number of hydrogen-bond donors (Lipinski definition) is 0. The molecule has 1 aliphatic rings. The highest BCUT2D eigenvalue weighted by molar-refractivity contribution is 5.32. The lowest BCUT2D eigenvalue weighted by molar-refractivity contribution is 0.586. The third kappa shape index (κ3) is 2.34. The molecule has 0 N–H and O–H groups in total. The van der Waals surface area contributed by atoms with E-state index in [1.807, 2.05) is 6.07 Å². The van der Waals surface area contributed by atoms with E-state index >= 15 is 0 Å². The summed E-state index contributed by atoms with van der Waals surface area (Å²) < 4.78 is 13.2. The van der Waals surface area contributed by atoms with Crippen molar-refractivity contribution < 1.29 is 4.39 Å². The van der Waals surface area contributed by atoms with E-state index in [1.165, 1.54) is 29.5 Å². The van der Waals surface area contributed by atoms with Gasteiger partial charge in [-0.25, -0.2) is 4.39 Å². The second kappa shape index (κ2) is 4.82. The van der Waals surface area contributed by atoms with Gasteiger partial charge in [-0.1, -0.05) is 24.6 Å². The number of aryl methyl sites for hydroxylation is 1. The molecule has 16 heavy (non-hydrogen) atoms. The molecule has 1 aliphatic carbocycles. The van der Waals surface area contributed by atoms with E-state index in [2.05, 4.69) is 19.9 Å². The van der Waals surface area contributed by atoms with Crippen molar-refractivity contribution in [2.24, 2.45) is 0 Å². The molecule has 0 heterocycles. The van der Waals surface area contributed by atoms with Crippen LogP contribution in [0.25, 0.3) is 0 Å². The van der Waals surface area contributed by atoms with Crippen LogP contribution in [0.5, 0.6) is 0 Å². The number of halogens is 1. The fourth-order valence-electron chi connectivity index (χ4n) is 2.53. The molecule has 0 saturated carbocycles. The molecule has 0 bridgehead atoms. The monoisotopic (exact) mass is 218 g/mol. The topological polar surface area (TPSA) is 0 Å². The predicted molar refractivity (Wildman–Crippen MR) is 66.1 cm³/mol. The van der Waals surface area contributed by atoms with Crippen LogP contribution in [-0.2, 0) is 6.42 Å². The van der Waals surface area contributed by atoms with Gasteiger partial charge in [-0.15, -0.1) is 0 Å². The van der Waals surface area contributed by atoms with Crippen molar-refractivity contribution in [3.8, 4) is 0 Å². The van der Waals surface area contributed by atoms with Gasteiger partial charge in [0.25, 0.3) is 0 Å². The quantitative estimate of drug-likeness (QED) is 0.636. The maximum Gasteiger partial charge on any atom is 0.123 e. The standard InChI is InChI=1S/C15H19F/c1-3-12-10-14(16)8-9-15(12)13-6-4-11(2)5-7-13/h4,8-10,13H,3,5-7H2,1-2H3. The number of benzene rings is 1. The van der Waals surface area contributed by atoms with E-state index < -0.39 is 0 Å². The molecule has 0 radical (unpaired) electrons. The van der Waals surface area contributed by atoms with Crippen LogP contribution < -0.4 is 0 Å². The number of allylic oxidation sites excluding steroid dienone is 2. The Morgan fingerprint density at radius 2 is 2.19 bits per heavy atom. The average Bonchev–Trinajstić information content (AvgIpc) is 2.30. The van der Waals surface area contributed by atoms with Crippen molar-refractivity contribution in [2.45, 2.75) is 45.4 Å². The first-order chi connectivity index (χ1) is 7.70. The first kappa shape index (κ1) is 11.4. The Bertz CT molecular complexity index is 404. The van der Waals surface area contributed by atoms with Crippen LogP contribution in [0.4, 0.5) is 4.39 Å². The lowest BCUT2D eigenvalue weighted by Gasteiger charge is -2.23. The summed E-state index contributed by atoms with van der Waals surface area (Å²) in [7, 11) is 0. The first-order valence-electron chi connectivity index (χ1n) is 6.14. The third-order valence-electron chi connectivity index (χ3n) is 3.56. The van der Waals surface area contributed by atoms with Crippen molar-refractivity contribution in [1.82, 2.24) is 0 Å². The fourth-order valence-corrected chi connectivity index (χ4v) is 2.53. The van der Waals surface area contributed by atoms with Gasteiger partial charge in [0.2, 0.25) is 0 Å². The highest BCUT2D eigenvalue weighted by atomic mass is 19.1. The molecule has 86 valence electrons. The molecular formula is C15H19F. The Kier molecular flexibility index (Phi) is 3.42. The van der Waals surface area contributed by atoms with Gasteiger partial charge in [-0.05, 0) is 61.8 Å². The molecule has 1 atom stereocenters. The van der Waals surface area contributed by atoms with E-state index in [1.54, 1.807) is 12.1 Å². The Hall–Kier alpha value is -1.11. The second-order valence-corrected chi connectivity index (χ2v) is 4.72. The van der Waals surface area contributed by atoms with Gasteiger partial charge in [0.15, 0.2) is 0 Å². The van der Waals surface area contributed by atoms with E-state index in [4.69, 9.17) is 0 Å². The van der Waals surface area contributed by atoms with Gasteiger partial charge in [-0.3, -0.25) is 0 Å². The minimum Gasteiger partial charge on any atom is -0.207 e. The molecule has 0 aromatic heterocycles. The summed E-state index contributed by atoms with van der Waals surface area (Å²) in [5.41, 5.74) is 4.03. The third-order valence-corrected chi connectivity index (χ3v) is 3.56. The summed E-state index contributed by atoms with van der Waals surface area (Å²) in [4.78, 5) is 0.